The van der Waals surface area contributed by atoms with Gasteiger partial charge in [0.2, 0.25) is 5.88 Å². The van der Waals surface area contributed by atoms with Crippen molar-refractivity contribution in [1.29, 1.82) is 0 Å². The van der Waals surface area contributed by atoms with Crippen LogP contribution in [0.15, 0.2) is 42.6 Å². The lowest BCUT2D eigenvalue weighted by Crippen LogP contribution is -2.35. The summed E-state index contributed by atoms with van der Waals surface area (Å²) < 4.78 is 10.6. The van der Waals surface area contributed by atoms with Crippen LogP contribution in [0.2, 0.25) is 0 Å². The van der Waals surface area contributed by atoms with Crippen LogP contribution in [0.25, 0.3) is 0 Å². The maximum Gasteiger partial charge on any atom is 0.319 e. The van der Waals surface area contributed by atoms with Gasteiger partial charge in [-0.1, -0.05) is 18.2 Å². The van der Waals surface area contributed by atoms with Gasteiger partial charge >= 0.3 is 6.03 Å². The van der Waals surface area contributed by atoms with Gasteiger partial charge in [-0.3, -0.25) is 0 Å². The quantitative estimate of drug-likeness (QED) is 0.914. The molecule has 2 N–H and O–H groups in total. The van der Waals surface area contributed by atoms with Crippen molar-refractivity contribution in [3.05, 3.63) is 48.2 Å². The second kappa shape index (κ2) is 6.34. The van der Waals surface area contributed by atoms with E-state index in [-0.39, 0.29) is 12.1 Å². The predicted molar refractivity (Wildman–Crippen MR) is 82.2 cm³/mol. The molecule has 6 nitrogen and oxygen atoms in total. The van der Waals surface area contributed by atoms with E-state index in [1.54, 1.807) is 25.4 Å². The predicted octanol–water partition coefficient (Wildman–Crippen LogP) is 2.74. The smallest absolute Gasteiger partial charge is 0.319 e. The van der Waals surface area contributed by atoms with Crippen molar-refractivity contribution < 1.29 is 14.3 Å². The first-order valence-corrected chi connectivity index (χ1v) is 7.05. The van der Waals surface area contributed by atoms with E-state index < -0.39 is 0 Å². The van der Waals surface area contributed by atoms with Crippen molar-refractivity contribution >= 4 is 11.7 Å². The lowest BCUT2D eigenvalue weighted by Gasteiger charge is -2.26. The summed E-state index contributed by atoms with van der Waals surface area (Å²) in [6.07, 6.45) is 2.29. The van der Waals surface area contributed by atoms with Gasteiger partial charge in [0.1, 0.15) is 5.75 Å². The summed E-state index contributed by atoms with van der Waals surface area (Å²) >= 11 is 0. The minimum Gasteiger partial charge on any atom is -0.493 e. The number of methoxy groups -OCH3 is 1. The molecule has 0 aliphatic carbocycles. The number of benzene rings is 1. The van der Waals surface area contributed by atoms with Crippen molar-refractivity contribution in [2.24, 2.45) is 0 Å². The molecule has 1 atom stereocenters. The summed E-state index contributed by atoms with van der Waals surface area (Å²) in [4.78, 5) is 16.2. The Morgan fingerprint density at radius 2 is 2.18 bits per heavy atom. The molecule has 0 saturated carbocycles. The van der Waals surface area contributed by atoms with Crippen molar-refractivity contribution in [2.45, 2.75) is 12.5 Å². The van der Waals surface area contributed by atoms with E-state index in [0.717, 1.165) is 17.7 Å². The first-order valence-electron chi connectivity index (χ1n) is 7.05. The number of nitrogens with zero attached hydrogens (tertiary/aromatic N) is 1. The molecule has 1 aromatic carbocycles. The number of nitrogens with one attached hydrogen (secondary N) is 2. The zero-order valence-corrected chi connectivity index (χ0v) is 12.2. The van der Waals surface area contributed by atoms with E-state index >= 15 is 0 Å². The standard InChI is InChI=1S/C16H17N3O3/c1-21-15-7-6-11(10-17-15)18-16(20)19-13-8-9-22-14-5-3-2-4-12(13)14/h2-7,10,13H,8-9H2,1H3,(H2,18,19,20)/t13-/m0/s1. The van der Waals surface area contributed by atoms with E-state index in [0.29, 0.717) is 18.2 Å². The van der Waals surface area contributed by atoms with Gasteiger partial charge in [-0.05, 0) is 12.1 Å². The fourth-order valence-corrected chi connectivity index (χ4v) is 2.39. The molecular formula is C16H17N3O3. The van der Waals surface area contributed by atoms with Crippen molar-refractivity contribution in [3.63, 3.8) is 0 Å². The van der Waals surface area contributed by atoms with Crippen LogP contribution >= 0.6 is 0 Å². The average Bonchev–Trinajstić information content (AvgIpc) is 2.56. The molecule has 1 aliphatic rings. The van der Waals surface area contributed by atoms with E-state index in [2.05, 4.69) is 15.6 Å². The van der Waals surface area contributed by atoms with Crippen LogP contribution in [-0.2, 0) is 0 Å². The second-order valence-electron chi connectivity index (χ2n) is 4.92. The Bertz CT molecular complexity index is 658. The molecule has 0 spiro atoms. The number of anilines is 1. The summed E-state index contributed by atoms with van der Waals surface area (Å²) in [6.45, 7) is 0.589. The number of carbonyl (C=O) groups is 1. The lowest BCUT2D eigenvalue weighted by molar-refractivity contribution is 0.232. The Morgan fingerprint density at radius 3 is 2.95 bits per heavy atom. The van der Waals surface area contributed by atoms with Crippen molar-refractivity contribution in [3.8, 4) is 11.6 Å². The molecule has 2 aromatic rings. The maximum absolute atomic E-state index is 12.1. The second-order valence-corrected chi connectivity index (χ2v) is 4.92. The number of hydrogen-bond acceptors (Lipinski definition) is 4. The third-order valence-corrected chi connectivity index (χ3v) is 3.47. The van der Waals surface area contributed by atoms with Gasteiger partial charge < -0.3 is 20.1 Å². The Labute approximate surface area is 128 Å². The highest BCUT2D eigenvalue weighted by atomic mass is 16.5. The van der Waals surface area contributed by atoms with Crippen LogP contribution in [0.4, 0.5) is 10.5 Å². The number of hydrogen-bond donors (Lipinski definition) is 2. The molecule has 2 heterocycles. The molecule has 0 unspecified atom stereocenters. The minimum absolute atomic E-state index is 0.0591. The number of para-hydroxylation sites is 1. The SMILES string of the molecule is COc1ccc(NC(=O)N[C@H]2CCOc3ccccc32)cn1. The molecule has 1 aliphatic heterocycles. The Hall–Kier alpha value is -2.76. The molecule has 3 rings (SSSR count). The van der Waals surface area contributed by atoms with Gasteiger partial charge in [0.05, 0.1) is 31.6 Å². The Morgan fingerprint density at radius 1 is 1.32 bits per heavy atom. The number of pyridine rings is 1. The first kappa shape index (κ1) is 14.2. The Kier molecular flexibility index (Phi) is 4.09. The van der Waals surface area contributed by atoms with Crippen LogP contribution in [0.3, 0.4) is 0 Å². The van der Waals surface area contributed by atoms with Crippen LogP contribution in [0.5, 0.6) is 11.6 Å². The van der Waals surface area contributed by atoms with Gasteiger partial charge in [0, 0.05) is 18.1 Å². The monoisotopic (exact) mass is 299 g/mol. The zero-order chi connectivity index (χ0) is 15.4. The fraction of sp³-hybridized carbons (Fsp3) is 0.250. The number of fused-ring (bicyclic) bond motifs is 1. The third-order valence-electron chi connectivity index (χ3n) is 3.47. The van der Waals surface area contributed by atoms with Crippen LogP contribution < -0.4 is 20.1 Å². The molecule has 114 valence electrons. The number of aromatic nitrogens is 1. The molecule has 0 bridgehead atoms. The number of urea groups is 1. The number of amides is 2. The highest BCUT2D eigenvalue weighted by Gasteiger charge is 2.22. The molecule has 0 radical (unpaired) electrons. The molecule has 2 amide bonds. The molecule has 1 aromatic heterocycles. The van der Waals surface area contributed by atoms with Gasteiger partial charge in [-0.2, -0.15) is 0 Å². The van der Waals surface area contributed by atoms with Crippen LogP contribution in [-0.4, -0.2) is 24.7 Å². The molecule has 6 heteroatoms. The topological polar surface area (TPSA) is 72.5 Å². The lowest BCUT2D eigenvalue weighted by atomic mass is 10.0. The maximum atomic E-state index is 12.1. The molecule has 0 saturated heterocycles. The van der Waals surface area contributed by atoms with Crippen molar-refractivity contribution in [2.75, 3.05) is 19.0 Å². The van der Waals surface area contributed by atoms with Crippen LogP contribution in [0.1, 0.15) is 18.0 Å². The summed E-state index contributed by atoms with van der Waals surface area (Å²) in [7, 11) is 1.55. The molecule has 0 fully saturated rings. The minimum atomic E-state index is -0.270. The van der Waals surface area contributed by atoms with Crippen molar-refractivity contribution in [1.82, 2.24) is 10.3 Å². The van der Waals surface area contributed by atoms with Gasteiger partial charge in [-0.15, -0.1) is 0 Å². The molecular weight excluding hydrogens is 282 g/mol. The molecule has 22 heavy (non-hydrogen) atoms. The number of rotatable bonds is 3. The first-order chi connectivity index (χ1) is 10.8. The van der Waals surface area contributed by atoms with Gasteiger partial charge in [-0.25, -0.2) is 9.78 Å². The van der Waals surface area contributed by atoms with E-state index in [1.165, 1.54) is 0 Å². The number of ether oxygens (including phenoxy) is 2. The van der Waals surface area contributed by atoms with Gasteiger partial charge in [0.15, 0.2) is 0 Å². The van der Waals surface area contributed by atoms with Crippen LogP contribution in [0, 0.1) is 0 Å². The summed E-state index contributed by atoms with van der Waals surface area (Å²) in [5.41, 5.74) is 1.61. The summed E-state index contributed by atoms with van der Waals surface area (Å²) in [5.74, 6) is 1.33. The van der Waals surface area contributed by atoms with Gasteiger partial charge in [0.25, 0.3) is 0 Å². The van der Waals surface area contributed by atoms with E-state index in [1.807, 2.05) is 24.3 Å². The largest absolute Gasteiger partial charge is 0.493 e. The summed E-state index contributed by atoms with van der Waals surface area (Å²) in [5, 5.41) is 5.73. The third kappa shape index (κ3) is 3.11. The average molecular weight is 299 g/mol. The fourth-order valence-electron chi connectivity index (χ4n) is 2.39. The summed E-state index contributed by atoms with van der Waals surface area (Å²) in [6, 6.07) is 10.8. The Balaban J connectivity index is 1.65. The van der Waals surface area contributed by atoms with E-state index in [9.17, 15) is 4.79 Å². The normalized spacial score (nSPS) is 16.1. The zero-order valence-electron chi connectivity index (χ0n) is 12.2. The van der Waals surface area contributed by atoms with E-state index in [4.69, 9.17) is 9.47 Å². The highest BCUT2D eigenvalue weighted by Crippen LogP contribution is 2.31. The number of carbonyl (C=O) groups excluding carboxylic acids is 1. The highest BCUT2D eigenvalue weighted by molar-refractivity contribution is 5.89.